The van der Waals surface area contributed by atoms with Crippen LogP contribution in [0.25, 0.3) is 16.0 Å². The highest BCUT2D eigenvalue weighted by atomic mass is 32.2. The van der Waals surface area contributed by atoms with Crippen LogP contribution in [-0.2, 0) is 6.54 Å². The maximum atomic E-state index is 12.5. The molecule has 0 fully saturated rings. The van der Waals surface area contributed by atoms with Gasteiger partial charge in [0.1, 0.15) is 4.70 Å². The van der Waals surface area contributed by atoms with Gasteiger partial charge in [0, 0.05) is 6.54 Å². The Morgan fingerprint density at radius 2 is 2.26 bits per heavy atom. The van der Waals surface area contributed by atoms with Crippen molar-refractivity contribution in [2.75, 3.05) is 6.26 Å². The Balaban J connectivity index is 2.41. The Morgan fingerprint density at radius 1 is 1.42 bits per heavy atom. The second kappa shape index (κ2) is 4.97. The van der Waals surface area contributed by atoms with Gasteiger partial charge in [-0.25, -0.2) is 0 Å². The molecule has 0 unspecified atom stereocenters. The number of rotatable bonds is 4. The predicted molar refractivity (Wildman–Crippen MR) is 79.3 cm³/mol. The zero-order valence-corrected chi connectivity index (χ0v) is 12.4. The van der Waals surface area contributed by atoms with Crippen molar-refractivity contribution in [1.82, 2.24) is 19.2 Å². The lowest BCUT2D eigenvalue weighted by Gasteiger charge is -2.07. The number of thioether (sulfide) groups is 1. The minimum absolute atomic E-state index is 0.0472. The van der Waals surface area contributed by atoms with Gasteiger partial charge in [-0.05, 0) is 24.1 Å². The Kier molecular flexibility index (Phi) is 3.32. The van der Waals surface area contributed by atoms with Crippen LogP contribution in [0.3, 0.4) is 0 Å². The summed E-state index contributed by atoms with van der Waals surface area (Å²) in [4.78, 5) is 12.5. The summed E-state index contributed by atoms with van der Waals surface area (Å²) < 4.78 is 4.50. The zero-order chi connectivity index (χ0) is 13.4. The number of fused-ring (bicyclic) bond motifs is 3. The highest BCUT2D eigenvalue weighted by molar-refractivity contribution is 7.98. The summed E-state index contributed by atoms with van der Waals surface area (Å²) in [5.74, 6) is 0.647. The van der Waals surface area contributed by atoms with E-state index in [0.29, 0.717) is 12.3 Å². The van der Waals surface area contributed by atoms with E-state index in [4.69, 9.17) is 0 Å². The average molecular weight is 294 g/mol. The minimum atomic E-state index is 0.0472. The average Bonchev–Trinajstić information content (AvgIpc) is 3.04. The standard InChI is InChI=1S/C12H14N4OS2/c1-3-4-6-15-10(17)9-8(5-7-19-9)16-11(15)13-14-12(16)18-2/h5,7H,3-4,6H2,1-2H3. The number of thiophene rings is 1. The number of nitrogens with zero attached hydrogens (tertiary/aromatic N) is 4. The molecule has 0 spiro atoms. The summed E-state index contributed by atoms with van der Waals surface area (Å²) in [6, 6.07) is 1.96. The quantitative estimate of drug-likeness (QED) is 0.694. The monoisotopic (exact) mass is 294 g/mol. The zero-order valence-electron chi connectivity index (χ0n) is 10.8. The summed E-state index contributed by atoms with van der Waals surface area (Å²) in [5.41, 5.74) is 0.957. The summed E-state index contributed by atoms with van der Waals surface area (Å²) in [6.07, 6.45) is 3.98. The van der Waals surface area contributed by atoms with Gasteiger partial charge in [-0.1, -0.05) is 25.1 Å². The van der Waals surface area contributed by atoms with Crippen LogP contribution in [-0.4, -0.2) is 25.4 Å². The minimum Gasteiger partial charge on any atom is -0.276 e. The van der Waals surface area contributed by atoms with E-state index in [2.05, 4.69) is 17.1 Å². The fourth-order valence-electron chi connectivity index (χ4n) is 2.15. The van der Waals surface area contributed by atoms with E-state index in [0.717, 1.165) is 28.2 Å². The molecule has 0 amide bonds. The van der Waals surface area contributed by atoms with Gasteiger partial charge in [0.15, 0.2) is 5.16 Å². The number of hydrogen-bond donors (Lipinski definition) is 0. The van der Waals surface area contributed by atoms with Crippen molar-refractivity contribution in [3.05, 3.63) is 21.8 Å². The second-order valence-electron chi connectivity index (χ2n) is 4.27. The Hall–Kier alpha value is -1.34. The van der Waals surface area contributed by atoms with Crippen LogP contribution in [0.4, 0.5) is 0 Å². The third-order valence-electron chi connectivity index (χ3n) is 3.10. The molecule has 7 heteroatoms. The van der Waals surface area contributed by atoms with E-state index in [-0.39, 0.29) is 5.56 Å². The summed E-state index contributed by atoms with van der Waals surface area (Å²) in [7, 11) is 0. The molecule has 0 aliphatic carbocycles. The van der Waals surface area contributed by atoms with E-state index in [1.165, 1.54) is 11.3 Å². The Bertz CT molecular complexity index is 786. The third-order valence-corrected chi connectivity index (χ3v) is 4.62. The fourth-order valence-corrected chi connectivity index (χ4v) is 3.46. The highest BCUT2D eigenvalue weighted by Crippen LogP contribution is 2.23. The molecular formula is C12H14N4OS2. The van der Waals surface area contributed by atoms with Gasteiger partial charge < -0.3 is 0 Å². The van der Waals surface area contributed by atoms with Crippen LogP contribution in [0.5, 0.6) is 0 Å². The number of hydrogen-bond acceptors (Lipinski definition) is 5. The van der Waals surface area contributed by atoms with E-state index in [1.807, 2.05) is 22.1 Å². The Labute approximate surface area is 118 Å². The predicted octanol–water partition coefficient (Wildman–Crippen LogP) is 2.63. The lowest BCUT2D eigenvalue weighted by atomic mass is 10.3. The van der Waals surface area contributed by atoms with Crippen LogP contribution in [0, 0.1) is 0 Å². The van der Waals surface area contributed by atoms with E-state index < -0.39 is 0 Å². The molecule has 0 radical (unpaired) electrons. The largest absolute Gasteiger partial charge is 0.276 e. The molecular weight excluding hydrogens is 280 g/mol. The van der Waals surface area contributed by atoms with Gasteiger partial charge in [-0.15, -0.1) is 21.5 Å². The van der Waals surface area contributed by atoms with E-state index in [1.54, 1.807) is 16.3 Å². The second-order valence-corrected chi connectivity index (χ2v) is 5.96. The van der Waals surface area contributed by atoms with Crippen molar-refractivity contribution >= 4 is 39.1 Å². The molecule has 0 N–H and O–H groups in total. The normalized spacial score (nSPS) is 11.7. The van der Waals surface area contributed by atoms with Crippen molar-refractivity contribution in [2.45, 2.75) is 31.5 Å². The van der Waals surface area contributed by atoms with Crippen molar-refractivity contribution in [3.63, 3.8) is 0 Å². The number of aryl methyl sites for hydroxylation is 1. The molecule has 19 heavy (non-hydrogen) atoms. The first-order valence-electron chi connectivity index (χ1n) is 6.17. The molecule has 0 bridgehead atoms. The maximum absolute atomic E-state index is 12.5. The van der Waals surface area contributed by atoms with Crippen molar-refractivity contribution in [2.24, 2.45) is 0 Å². The molecule has 3 aromatic heterocycles. The lowest BCUT2D eigenvalue weighted by Crippen LogP contribution is -2.22. The topological polar surface area (TPSA) is 52.2 Å². The summed E-state index contributed by atoms with van der Waals surface area (Å²) in [5, 5.41) is 11.1. The van der Waals surface area contributed by atoms with Crippen LogP contribution in [0.15, 0.2) is 21.4 Å². The van der Waals surface area contributed by atoms with Gasteiger partial charge in [0.25, 0.3) is 5.56 Å². The van der Waals surface area contributed by atoms with Crippen LogP contribution in [0.1, 0.15) is 19.8 Å². The summed E-state index contributed by atoms with van der Waals surface area (Å²) >= 11 is 3.02. The molecule has 0 saturated heterocycles. The van der Waals surface area contributed by atoms with Crippen LogP contribution in [0.2, 0.25) is 0 Å². The molecule has 3 rings (SSSR count). The highest BCUT2D eigenvalue weighted by Gasteiger charge is 2.16. The third kappa shape index (κ3) is 1.88. The van der Waals surface area contributed by atoms with Crippen molar-refractivity contribution in [3.8, 4) is 0 Å². The van der Waals surface area contributed by atoms with Gasteiger partial charge in [-0.2, -0.15) is 0 Å². The lowest BCUT2D eigenvalue weighted by molar-refractivity contribution is 0.621. The first kappa shape index (κ1) is 12.7. The summed E-state index contributed by atoms with van der Waals surface area (Å²) in [6.45, 7) is 2.81. The number of aromatic nitrogens is 4. The first-order valence-corrected chi connectivity index (χ1v) is 8.27. The fraction of sp³-hybridized carbons (Fsp3) is 0.417. The van der Waals surface area contributed by atoms with E-state index >= 15 is 0 Å². The maximum Gasteiger partial charge on any atom is 0.272 e. The number of unbranched alkanes of at least 4 members (excludes halogenated alkanes) is 1. The van der Waals surface area contributed by atoms with Gasteiger partial charge in [0.05, 0.1) is 5.52 Å². The molecule has 0 aromatic carbocycles. The molecule has 3 heterocycles. The van der Waals surface area contributed by atoms with Crippen molar-refractivity contribution in [1.29, 1.82) is 0 Å². The molecule has 0 atom stereocenters. The molecule has 5 nitrogen and oxygen atoms in total. The van der Waals surface area contributed by atoms with Gasteiger partial charge in [0.2, 0.25) is 5.78 Å². The van der Waals surface area contributed by atoms with Gasteiger partial charge in [-0.3, -0.25) is 13.8 Å². The van der Waals surface area contributed by atoms with E-state index in [9.17, 15) is 4.79 Å². The molecule has 100 valence electrons. The first-order chi connectivity index (χ1) is 9.27. The smallest absolute Gasteiger partial charge is 0.272 e. The molecule has 0 saturated carbocycles. The SMILES string of the molecule is CCCCn1c(=O)c2sccc2n2c(SC)nnc12. The van der Waals surface area contributed by atoms with Crippen LogP contribution < -0.4 is 5.56 Å². The Morgan fingerprint density at radius 3 is 3.00 bits per heavy atom. The molecule has 0 aliphatic rings. The molecule has 0 aliphatic heterocycles. The van der Waals surface area contributed by atoms with Crippen molar-refractivity contribution < 1.29 is 0 Å². The van der Waals surface area contributed by atoms with Gasteiger partial charge >= 0.3 is 0 Å². The molecule has 3 aromatic rings. The van der Waals surface area contributed by atoms with Crippen LogP contribution >= 0.6 is 23.1 Å².